The van der Waals surface area contributed by atoms with E-state index in [0.29, 0.717) is 11.5 Å². The number of hydrogen-bond donors (Lipinski definition) is 2. The topological polar surface area (TPSA) is 83.3 Å². The molecular formula is C24H20ClN2NaO3. The zero-order chi connectivity index (χ0) is 20.1. The van der Waals surface area contributed by atoms with E-state index in [0.717, 1.165) is 24.8 Å². The Hall–Kier alpha value is -2.18. The Morgan fingerprint density at radius 1 is 1.03 bits per heavy atom. The molecule has 0 spiro atoms. The summed E-state index contributed by atoms with van der Waals surface area (Å²) in [6.45, 7) is 1.65. The van der Waals surface area contributed by atoms with Crippen LogP contribution >= 0.6 is 0 Å². The van der Waals surface area contributed by atoms with Crippen molar-refractivity contribution in [3.8, 4) is 16.9 Å². The van der Waals surface area contributed by atoms with E-state index in [4.69, 9.17) is 0 Å². The first kappa shape index (κ1) is 23.5. The first-order valence-electron chi connectivity index (χ1n) is 9.75. The fraction of sp³-hybridized carbons (Fsp3) is 0.208. The number of aromatic carboxylic acids is 1. The Morgan fingerprint density at radius 3 is 2.58 bits per heavy atom. The second kappa shape index (κ2) is 9.13. The summed E-state index contributed by atoms with van der Waals surface area (Å²) in [5.74, 6) is -1.56. The molecule has 2 aliphatic carbocycles. The van der Waals surface area contributed by atoms with Gasteiger partial charge in [-0.2, -0.15) is 0 Å². The number of allylic oxidation sites excluding steroid dienone is 2. The largest absolute Gasteiger partial charge is 1.00 e. The molecule has 31 heavy (non-hydrogen) atoms. The van der Waals surface area contributed by atoms with Crippen molar-refractivity contribution in [1.82, 2.24) is 9.97 Å². The number of aromatic nitrogens is 2. The van der Waals surface area contributed by atoms with Gasteiger partial charge < -0.3 is 22.6 Å². The van der Waals surface area contributed by atoms with Gasteiger partial charge in [0.25, 0.3) is 0 Å². The van der Waals surface area contributed by atoms with Gasteiger partial charge in [0.2, 0.25) is 0 Å². The van der Waals surface area contributed by atoms with Crippen molar-refractivity contribution in [1.29, 1.82) is 0 Å². The van der Waals surface area contributed by atoms with Crippen LogP contribution in [0.1, 0.15) is 50.2 Å². The van der Waals surface area contributed by atoms with Gasteiger partial charge in [-0.1, -0.05) is 48.6 Å². The van der Waals surface area contributed by atoms with Crippen LogP contribution in [0.4, 0.5) is 0 Å². The third kappa shape index (κ3) is 3.92. The van der Waals surface area contributed by atoms with Crippen molar-refractivity contribution in [2.24, 2.45) is 0 Å². The van der Waals surface area contributed by atoms with Crippen LogP contribution in [-0.4, -0.2) is 26.2 Å². The molecule has 152 valence electrons. The summed E-state index contributed by atoms with van der Waals surface area (Å²) in [5, 5.41) is 20.0. The first-order valence-corrected chi connectivity index (χ1v) is 9.75. The summed E-state index contributed by atoms with van der Waals surface area (Å²) in [7, 11) is 0. The number of carboxylic acids is 1. The summed E-state index contributed by atoms with van der Waals surface area (Å²) in [5.41, 5.74) is 7.62. The Bertz CT molecular complexity index is 1210. The van der Waals surface area contributed by atoms with Gasteiger partial charge in [-0.3, -0.25) is 0 Å². The van der Waals surface area contributed by atoms with Gasteiger partial charge in [0.15, 0.2) is 11.4 Å². The fourth-order valence-electron chi connectivity index (χ4n) is 4.66. The van der Waals surface area contributed by atoms with Gasteiger partial charge in [0.05, 0.1) is 5.69 Å². The van der Waals surface area contributed by atoms with E-state index in [1.807, 2.05) is 6.08 Å². The second-order valence-corrected chi connectivity index (χ2v) is 7.58. The Labute approximate surface area is 209 Å². The van der Waals surface area contributed by atoms with Crippen LogP contribution < -0.4 is 42.0 Å². The molecular weight excluding hydrogens is 423 g/mol. The second-order valence-electron chi connectivity index (χ2n) is 7.58. The molecule has 2 N–H and O–H groups in total. The minimum Gasteiger partial charge on any atom is -1.00 e. The van der Waals surface area contributed by atoms with Crippen LogP contribution in [-0.2, 0) is 19.3 Å². The third-order valence-corrected chi connectivity index (χ3v) is 5.92. The molecule has 2 aliphatic rings. The number of aryl methyl sites for hydroxylation is 2. The van der Waals surface area contributed by atoms with Crippen LogP contribution in [0.5, 0.6) is 5.75 Å². The van der Waals surface area contributed by atoms with Crippen LogP contribution in [0.3, 0.4) is 0 Å². The van der Waals surface area contributed by atoms with Gasteiger partial charge in [-0.05, 0) is 59.6 Å². The van der Waals surface area contributed by atoms with Crippen LogP contribution in [0, 0.1) is 6.92 Å². The van der Waals surface area contributed by atoms with E-state index in [1.54, 1.807) is 6.92 Å². The molecule has 0 saturated heterocycles. The van der Waals surface area contributed by atoms with E-state index >= 15 is 0 Å². The number of hydrogen-bond acceptors (Lipinski definition) is 4. The molecule has 0 amide bonds. The number of carbonyl (C=O) groups is 1. The molecule has 5 nitrogen and oxygen atoms in total. The molecule has 0 radical (unpaired) electrons. The normalized spacial score (nSPS) is 15.6. The number of aromatic hydroxyl groups is 1. The molecule has 1 atom stereocenters. The third-order valence-electron chi connectivity index (χ3n) is 5.92. The predicted octanol–water partition coefficient (Wildman–Crippen LogP) is -1.79. The molecule has 1 aromatic heterocycles. The van der Waals surface area contributed by atoms with Gasteiger partial charge in [-0.25, -0.2) is 14.8 Å². The van der Waals surface area contributed by atoms with Crippen molar-refractivity contribution in [2.45, 2.75) is 32.1 Å². The zero-order valence-corrected chi connectivity index (χ0v) is 20.1. The van der Waals surface area contributed by atoms with Gasteiger partial charge >= 0.3 is 35.5 Å². The maximum absolute atomic E-state index is 11.5. The SMILES string of the molecule is Cc1nc(C(=O)O)c(O)c(C2C=CCc3c2ccc2c3CCc3ccccc3-2)n1.[Cl-].[Na+]. The van der Waals surface area contributed by atoms with Gasteiger partial charge in [0, 0.05) is 5.92 Å². The van der Waals surface area contributed by atoms with E-state index in [9.17, 15) is 15.0 Å². The van der Waals surface area contributed by atoms with Gasteiger partial charge in [-0.15, -0.1) is 0 Å². The summed E-state index contributed by atoms with van der Waals surface area (Å²) < 4.78 is 0. The van der Waals surface area contributed by atoms with E-state index in [2.05, 4.69) is 52.4 Å². The molecule has 1 heterocycles. The first-order chi connectivity index (χ1) is 14.0. The van der Waals surface area contributed by atoms with Crippen molar-refractivity contribution >= 4 is 5.97 Å². The Balaban J connectivity index is 0.00000136. The number of rotatable bonds is 2. The monoisotopic (exact) mass is 442 g/mol. The molecule has 3 aromatic rings. The van der Waals surface area contributed by atoms with Gasteiger partial charge in [0.1, 0.15) is 5.82 Å². The summed E-state index contributed by atoms with van der Waals surface area (Å²) >= 11 is 0. The van der Waals surface area contributed by atoms with Crippen LogP contribution in [0.15, 0.2) is 48.6 Å². The van der Waals surface area contributed by atoms with Crippen molar-refractivity contribution < 1.29 is 57.0 Å². The summed E-state index contributed by atoms with van der Waals surface area (Å²) in [6.07, 6.45) is 6.90. The average Bonchev–Trinajstić information content (AvgIpc) is 2.74. The molecule has 0 fully saturated rings. The average molecular weight is 443 g/mol. The molecule has 0 aliphatic heterocycles. The molecule has 5 rings (SSSR count). The van der Waals surface area contributed by atoms with E-state index in [1.165, 1.54) is 27.8 Å². The summed E-state index contributed by atoms with van der Waals surface area (Å²) in [6, 6.07) is 12.8. The fourth-order valence-corrected chi connectivity index (χ4v) is 4.66. The molecule has 1 unspecified atom stereocenters. The predicted molar refractivity (Wildman–Crippen MR) is 109 cm³/mol. The number of fused-ring (bicyclic) bond motifs is 5. The Morgan fingerprint density at radius 2 is 1.81 bits per heavy atom. The van der Waals surface area contributed by atoms with Crippen molar-refractivity contribution in [3.63, 3.8) is 0 Å². The Kier molecular flexibility index (Phi) is 6.92. The summed E-state index contributed by atoms with van der Waals surface area (Å²) in [4.78, 5) is 19.8. The van der Waals surface area contributed by atoms with E-state index < -0.39 is 5.97 Å². The maximum Gasteiger partial charge on any atom is 1.00 e. The molecule has 0 bridgehead atoms. The van der Waals surface area contributed by atoms with E-state index in [-0.39, 0.29) is 59.3 Å². The molecule has 7 heteroatoms. The van der Waals surface area contributed by atoms with Crippen LogP contribution in [0.25, 0.3) is 11.1 Å². The minimum absolute atomic E-state index is 0. The smallest absolute Gasteiger partial charge is 1.00 e. The quantitative estimate of drug-likeness (QED) is 0.362. The van der Waals surface area contributed by atoms with Crippen LogP contribution in [0.2, 0.25) is 0 Å². The standard InChI is InChI=1S/C24H20N2O3.ClH.Na/c1-13-25-21(23(27)22(26-13)24(28)29)20-8-4-7-16-18-10-9-14-5-2-3-6-15(14)17(18)11-12-19(16)20;;/h2-6,8,11-12,20,27H,7,9-10H2,1H3,(H,28,29);1H;/q;;+1/p-1. The number of halogens is 1. The molecule has 0 saturated carbocycles. The van der Waals surface area contributed by atoms with Crippen molar-refractivity contribution in [3.05, 3.63) is 88.0 Å². The zero-order valence-electron chi connectivity index (χ0n) is 17.4. The minimum atomic E-state index is -1.25. The van der Waals surface area contributed by atoms with Crippen molar-refractivity contribution in [2.75, 3.05) is 0 Å². The molecule has 2 aromatic carbocycles. The maximum atomic E-state index is 11.5. The number of carboxylic acid groups (broad SMARTS) is 1. The number of benzene rings is 2. The number of nitrogens with zero attached hydrogens (tertiary/aromatic N) is 2.